The van der Waals surface area contributed by atoms with Crippen molar-refractivity contribution >= 4 is 60.9 Å². The molecule has 0 atom stereocenters. The van der Waals surface area contributed by atoms with E-state index in [9.17, 15) is 0 Å². The molecular formula is C39H27NO2. The molecule has 0 saturated carbocycles. The van der Waals surface area contributed by atoms with Crippen molar-refractivity contribution in [1.82, 2.24) is 0 Å². The van der Waals surface area contributed by atoms with E-state index in [4.69, 9.17) is 8.83 Å². The van der Waals surface area contributed by atoms with Gasteiger partial charge in [-0.05, 0) is 59.2 Å². The Bertz CT molecular complexity index is 2240. The van der Waals surface area contributed by atoms with Gasteiger partial charge in [0, 0.05) is 56.0 Å². The molecule has 2 aromatic heterocycles. The van der Waals surface area contributed by atoms with Gasteiger partial charge < -0.3 is 13.7 Å². The summed E-state index contributed by atoms with van der Waals surface area (Å²) < 4.78 is 12.7. The molecule has 200 valence electrons. The van der Waals surface area contributed by atoms with Gasteiger partial charge in [-0.15, -0.1) is 0 Å². The molecule has 3 nitrogen and oxygen atoms in total. The lowest BCUT2D eigenvalue weighted by Gasteiger charge is -2.28. The van der Waals surface area contributed by atoms with Crippen LogP contribution in [0.25, 0.3) is 55.0 Å². The monoisotopic (exact) mass is 541 g/mol. The Balaban J connectivity index is 1.33. The van der Waals surface area contributed by atoms with E-state index in [2.05, 4.69) is 122 Å². The molecular weight excluding hydrogens is 514 g/mol. The summed E-state index contributed by atoms with van der Waals surface area (Å²) in [6.07, 6.45) is 0. The third-order valence-electron chi connectivity index (χ3n) is 9.07. The average Bonchev–Trinajstić information content (AvgIpc) is 3.65. The van der Waals surface area contributed by atoms with Crippen LogP contribution in [0.2, 0.25) is 0 Å². The lowest BCUT2D eigenvalue weighted by Crippen LogP contribution is -2.16. The Morgan fingerprint density at radius 2 is 1.00 bits per heavy atom. The molecule has 0 N–H and O–H groups in total. The van der Waals surface area contributed by atoms with Gasteiger partial charge in [0.1, 0.15) is 22.3 Å². The van der Waals surface area contributed by atoms with Gasteiger partial charge in [-0.2, -0.15) is 0 Å². The number of rotatable bonds is 3. The molecule has 1 aliphatic rings. The normalized spacial score (nSPS) is 13.7. The fraction of sp³-hybridized carbons (Fsp3) is 0.0769. The zero-order valence-electron chi connectivity index (χ0n) is 23.4. The van der Waals surface area contributed by atoms with Crippen molar-refractivity contribution in [2.24, 2.45) is 0 Å². The highest BCUT2D eigenvalue weighted by atomic mass is 16.3. The molecule has 0 fully saturated rings. The third kappa shape index (κ3) is 3.16. The summed E-state index contributed by atoms with van der Waals surface area (Å²) in [6.45, 7) is 4.65. The summed E-state index contributed by atoms with van der Waals surface area (Å²) in [6, 6.07) is 45.1. The predicted octanol–water partition coefficient (Wildman–Crippen LogP) is 11.3. The van der Waals surface area contributed by atoms with Crippen LogP contribution >= 0.6 is 0 Å². The van der Waals surface area contributed by atoms with Crippen molar-refractivity contribution in [3.63, 3.8) is 0 Å². The first-order chi connectivity index (χ1) is 20.6. The Morgan fingerprint density at radius 1 is 0.476 bits per heavy atom. The van der Waals surface area contributed by atoms with Crippen LogP contribution in [0, 0.1) is 0 Å². The van der Waals surface area contributed by atoms with E-state index in [1.165, 1.54) is 22.3 Å². The quantitative estimate of drug-likeness (QED) is 0.223. The summed E-state index contributed by atoms with van der Waals surface area (Å²) in [5.74, 6) is 0. The smallest absolute Gasteiger partial charge is 0.137 e. The molecule has 0 spiro atoms. The Kier molecular flexibility index (Phi) is 4.67. The second-order valence-corrected chi connectivity index (χ2v) is 11.8. The van der Waals surface area contributed by atoms with Crippen LogP contribution in [0.15, 0.2) is 136 Å². The Hall–Kier alpha value is -5.28. The lowest BCUT2D eigenvalue weighted by molar-refractivity contribution is 0.660. The zero-order valence-corrected chi connectivity index (χ0v) is 23.4. The molecule has 6 aromatic carbocycles. The fourth-order valence-electron chi connectivity index (χ4n) is 7.06. The van der Waals surface area contributed by atoms with E-state index in [0.717, 1.165) is 60.9 Å². The third-order valence-corrected chi connectivity index (χ3v) is 9.07. The molecule has 1 aliphatic carbocycles. The second-order valence-electron chi connectivity index (χ2n) is 11.8. The van der Waals surface area contributed by atoms with Gasteiger partial charge in [-0.3, -0.25) is 0 Å². The molecule has 9 rings (SSSR count). The van der Waals surface area contributed by atoms with Crippen LogP contribution in [0.5, 0.6) is 0 Å². The van der Waals surface area contributed by atoms with E-state index < -0.39 is 0 Å². The topological polar surface area (TPSA) is 29.5 Å². The van der Waals surface area contributed by atoms with Crippen LogP contribution in [0.1, 0.15) is 25.0 Å². The Labute approximate surface area is 243 Å². The Morgan fingerprint density at radius 3 is 1.64 bits per heavy atom. The van der Waals surface area contributed by atoms with Crippen LogP contribution < -0.4 is 4.90 Å². The molecule has 0 bridgehead atoms. The zero-order chi connectivity index (χ0) is 28.0. The maximum atomic E-state index is 6.36. The van der Waals surface area contributed by atoms with Crippen molar-refractivity contribution in [1.29, 1.82) is 0 Å². The highest BCUT2D eigenvalue weighted by Crippen LogP contribution is 2.54. The molecule has 42 heavy (non-hydrogen) atoms. The maximum Gasteiger partial charge on any atom is 0.137 e. The first kappa shape index (κ1) is 23.4. The molecule has 3 heteroatoms. The van der Waals surface area contributed by atoms with Crippen molar-refractivity contribution < 1.29 is 8.83 Å². The van der Waals surface area contributed by atoms with Crippen LogP contribution in [0.3, 0.4) is 0 Å². The van der Waals surface area contributed by atoms with Gasteiger partial charge in [-0.1, -0.05) is 86.6 Å². The molecule has 0 radical (unpaired) electrons. The van der Waals surface area contributed by atoms with Gasteiger partial charge in [0.05, 0.1) is 5.69 Å². The molecule has 0 amide bonds. The van der Waals surface area contributed by atoms with E-state index >= 15 is 0 Å². The van der Waals surface area contributed by atoms with Crippen molar-refractivity contribution in [2.75, 3.05) is 4.90 Å². The SMILES string of the molecule is CC1(C)c2ccccc2-c2c(N(c3ccc4c(c3)oc3ccccc34)c3ccc4c(c3)oc3ccccc34)cccc21. The van der Waals surface area contributed by atoms with Gasteiger partial charge in [-0.25, -0.2) is 0 Å². The minimum atomic E-state index is -0.0982. The molecule has 2 heterocycles. The maximum absolute atomic E-state index is 6.36. The second kappa shape index (κ2) is 8.37. The van der Waals surface area contributed by atoms with Gasteiger partial charge >= 0.3 is 0 Å². The van der Waals surface area contributed by atoms with E-state index in [1.54, 1.807) is 0 Å². The van der Waals surface area contributed by atoms with E-state index in [0.29, 0.717) is 0 Å². The minimum Gasteiger partial charge on any atom is -0.456 e. The van der Waals surface area contributed by atoms with Crippen LogP contribution in [0.4, 0.5) is 17.1 Å². The highest BCUT2D eigenvalue weighted by molar-refractivity contribution is 6.08. The molecule has 8 aromatic rings. The fourth-order valence-corrected chi connectivity index (χ4v) is 7.06. The highest BCUT2D eigenvalue weighted by Gasteiger charge is 2.37. The summed E-state index contributed by atoms with van der Waals surface area (Å²) in [7, 11) is 0. The summed E-state index contributed by atoms with van der Waals surface area (Å²) in [4.78, 5) is 2.36. The summed E-state index contributed by atoms with van der Waals surface area (Å²) >= 11 is 0. The van der Waals surface area contributed by atoms with Crippen molar-refractivity contribution in [3.05, 3.63) is 139 Å². The number of hydrogen-bond acceptors (Lipinski definition) is 3. The number of para-hydroxylation sites is 2. The molecule has 0 unspecified atom stereocenters. The summed E-state index contributed by atoms with van der Waals surface area (Å²) in [5.41, 5.74) is 11.9. The number of furan rings is 2. The van der Waals surface area contributed by atoms with Crippen molar-refractivity contribution in [2.45, 2.75) is 19.3 Å². The van der Waals surface area contributed by atoms with E-state index in [1.807, 2.05) is 24.3 Å². The number of hydrogen-bond donors (Lipinski definition) is 0. The number of anilines is 3. The van der Waals surface area contributed by atoms with Crippen LogP contribution in [-0.4, -0.2) is 0 Å². The number of benzene rings is 6. The summed E-state index contributed by atoms with van der Waals surface area (Å²) in [5, 5.41) is 4.50. The number of fused-ring (bicyclic) bond motifs is 9. The standard InChI is InChI=1S/C39H27NO2/c1-39(2)31-13-6-3-12-30(31)38-32(39)14-9-15-33(38)40(24-18-20-28-26-10-4-7-16-34(26)41-36(28)22-24)25-19-21-29-27-11-5-8-17-35(27)42-37(29)23-25/h3-23H,1-2H3. The lowest BCUT2D eigenvalue weighted by atomic mass is 9.82. The van der Waals surface area contributed by atoms with Gasteiger partial charge in [0.15, 0.2) is 0 Å². The minimum absolute atomic E-state index is 0.0982. The number of nitrogens with zero attached hydrogens (tertiary/aromatic N) is 1. The average molecular weight is 542 g/mol. The van der Waals surface area contributed by atoms with E-state index in [-0.39, 0.29) is 5.41 Å². The van der Waals surface area contributed by atoms with Gasteiger partial charge in [0.2, 0.25) is 0 Å². The first-order valence-electron chi connectivity index (χ1n) is 14.4. The van der Waals surface area contributed by atoms with Crippen LogP contribution in [-0.2, 0) is 5.41 Å². The first-order valence-corrected chi connectivity index (χ1v) is 14.4. The van der Waals surface area contributed by atoms with Crippen molar-refractivity contribution in [3.8, 4) is 11.1 Å². The molecule has 0 saturated heterocycles. The largest absolute Gasteiger partial charge is 0.456 e. The van der Waals surface area contributed by atoms with Gasteiger partial charge in [0.25, 0.3) is 0 Å². The predicted molar refractivity (Wildman–Crippen MR) is 173 cm³/mol. The molecule has 0 aliphatic heterocycles.